The molecule has 0 aliphatic carbocycles. The molecule has 2 aliphatic heterocycles. The summed E-state index contributed by atoms with van der Waals surface area (Å²) in [6.45, 7) is 8.65. The molecular weight excluding hydrogens is 296 g/mol. The van der Waals surface area contributed by atoms with Crippen molar-refractivity contribution in [3.05, 3.63) is 71.3 Å². The molecule has 24 heavy (non-hydrogen) atoms. The number of hydrogen-bond acceptors (Lipinski definition) is 1. The molecule has 0 spiro atoms. The molecule has 1 saturated heterocycles. The molecule has 1 N–H and O–H groups in total. The van der Waals surface area contributed by atoms with Gasteiger partial charge in [0.15, 0.2) is 0 Å². The molecule has 1 unspecified atom stereocenters. The smallest absolute Gasteiger partial charge is 0.259 e. The number of benzene rings is 2. The lowest BCUT2D eigenvalue weighted by molar-refractivity contribution is -0.965. The molecule has 3 nitrogen and oxygen atoms in total. The van der Waals surface area contributed by atoms with E-state index in [9.17, 15) is 4.79 Å². The maximum absolute atomic E-state index is 13.1. The second-order valence-corrected chi connectivity index (χ2v) is 7.57. The summed E-state index contributed by atoms with van der Waals surface area (Å²) in [5, 5.41) is 0. The third-order valence-corrected chi connectivity index (χ3v) is 5.89. The quantitative estimate of drug-likeness (QED) is 0.923. The number of hydrogen-bond donors (Lipinski definition) is 1. The first-order chi connectivity index (χ1) is 11.5. The van der Waals surface area contributed by atoms with Gasteiger partial charge in [-0.1, -0.05) is 56.3 Å². The summed E-state index contributed by atoms with van der Waals surface area (Å²) in [5.74, 6) is 0.658. The third-order valence-electron chi connectivity index (χ3n) is 5.89. The average Bonchev–Trinajstić information content (AvgIpc) is 3.00. The highest BCUT2D eigenvalue weighted by Gasteiger charge is 2.61. The Morgan fingerprint density at radius 3 is 2.50 bits per heavy atom. The van der Waals surface area contributed by atoms with Crippen molar-refractivity contribution >= 4 is 5.91 Å². The molecule has 3 atom stereocenters. The standard InChI is InChI=1S/C21H24N2O/c1-15(2)19-14-22(13-16-9-5-4-6-10-16)21(3)18-12-8-7-11-17(18)20(24)23(19)21/h4-12,15,19H,13-14H2,1-3H3/p+1/t19-,21+/m1/s1. The van der Waals surface area contributed by atoms with Crippen LogP contribution in [0.2, 0.25) is 0 Å². The second-order valence-electron chi connectivity index (χ2n) is 7.57. The zero-order chi connectivity index (χ0) is 16.9. The fourth-order valence-corrected chi connectivity index (χ4v) is 4.56. The Bertz CT molecular complexity index is 770. The molecular formula is C21H25N2O+. The Morgan fingerprint density at radius 2 is 1.79 bits per heavy atom. The maximum atomic E-state index is 13.1. The van der Waals surface area contributed by atoms with Crippen molar-refractivity contribution in [3.63, 3.8) is 0 Å². The van der Waals surface area contributed by atoms with E-state index in [4.69, 9.17) is 0 Å². The van der Waals surface area contributed by atoms with Crippen LogP contribution in [-0.2, 0) is 12.2 Å². The van der Waals surface area contributed by atoms with Crippen molar-refractivity contribution in [2.45, 2.75) is 39.0 Å². The van der Waals surface area contributed by atoms with E-state index < -0.39 is 0 Å². The van der Waals surface area contributed by atoms with Gasteiger partial charge in [0.1, 0.15) is 13.1 Å². The lowest BCUT2D eigenvalue weighted by atomic mass is 9.98. The van der Waals surface area contributed by atoms with Crippen LogP contribution in [0.5, 0.6) is 0 Å². The zero-order valence-corrected chi connectivity index (χ0v) is 14.6. The number of amides is 1. The van der Waals surface area contributed by atoms with Crippen LogP contribution in [0.1, 0.15) is 42.3 Å². The van der Waals surface area contributed by atoms with Crippen LogP contribution in [0.15, 0.2) is 54.6 Å². The van der Waals surface area contributed by atoms with E-state index in [2.05, 4.69) is 68.1 Å². The highest BCUT2D eigenvalue weighted by Crippen LogP contribution is 2.40. The summed E-state index contributed by atoms with van der Waals surface area (Å²) in [7, 11) is 0. The highest BCUT2D eigenvalue weighted by atomic mass is 16.2. The van der Waals surface area contributed by atoms with Crippen molar-refractivity contribution < 1.29 is 9.69 Å². The summed E-state index contributed by atoms with van der Waals surface area (Å²) in [6.07, 6.45) is 0. The summed E-state index contributed by atoms with van der Waals surface area (Å²) in [5.41, 5.74) is 3.13. The minimum atomic E-state index is -0.265. The average molecular weight is 321 g/mol. The molecule has 2 aromatic rings. The van der Waals surface area contributed by atoms with Gasteiger partial charge in [0, 0.05) is 18.1 Å². The topological polar surface area (TPSA) is 24.8 Å². The predicted octanol–water partition coefficient (Wildman–Crippen LogP) is 2.44. The minimum absolute atomic E-state index is 0.204. The first-order valence-corrected chi connectivity index (χ1v) is 8.85. The number of nitrogens with zero attached hydrogens (tertiary/aromatic N) is 1. The summed E-state index contributed by atoms with van der Waals surface area (Å²) >= 11 is 0. The van der Waals surface area contributed by atoms with Crippen molar-refractivity contribution in [1.29, 1.82) is 0 Å². The molecule has 124 valence electrons. The van der Waals surface area contributed by atoms with Gasteiger partial charge in [0.05, 0.1) is 11.6 Å². The van der Waals surface area contributed by atoms with Crippen molar-refractivity contribution in [3.8, 4) is 0 Å². The molecule has 0 radical (unpaired) electrons. The zero-order valence-electron chi connectivity index (χ0n) is 14.6. The number of fused-ring (bicyclic) bond motifs is 3. The van der Waals surface area contributed by atoms with Gasteiger partial charge in [0.2, 0.25) is 5.66 Å². The molecule has 0 aromatic heterocycles. The molecule has 1 fully saturated rings. The van der Waals surface area contributed by atoms with E-state index in [1.807, 2.05) is 12.1 Å². The van der Waals surface area contributed by atoms with Crippen molar-refractivity contribution in [2.24, 2.45) is 5.92 Å². The summed E-state index contributed by atoms with van der Waals surface area (Å²) < 4.78 is 0. The summed E-state index contributed by atoms with van der Waals surface area (Å²) in [6, 6.07) is 19.1. The van der Waals surface area contributed by atoms with E-state index in [0.717, 1.165) is 18.7 Å². The molecule has 0 saturated carbocycles. The predicted molar refractivity (Wildman–Crippen MR) is 94.6 cm³/mol. The van der Waals surface area contributed by atoms with Gasteiger partial charge in [-0.15, -0.1) is 0 Å². The SMILES string of the molecule is CC(C)[C@H]1C[NH+](Cc2ccccc2)[C@]2(C)c3ccccc3C(=O)N12. The Labute approximate surface area is 143 Å². The van der Waals surface area contributed by atoms with Gasteiger partial charge in [-0.25, -0.2) is 0 Å². The Kier molecular flexibility index (Phi) is 3.50. The van der Waals surface area contributed by atoms with E-state index in [1.165, 1.54) is 16.0 Å². The van der Waals surface area contributed by atoms with Crippen LogP contribution in [-0.4, -0.2) is 23.4 Å². The lowest BCUT2D eigenvalue weighted by Crippen LogP contribution is -3.16. The molecule has 4 rings (SSSR count). The van der Waals surface area contributed by atoms with Crippen molar-refractivity contribution in [2.75, 3.05) is 6.54 Å². The highest BCUT2D eigenvalue weighted by molar-refractivity contribution is 6.00. The number of rotatable bonds is 3. The van der Waals surface area contributed by atoms with Crippen LogP contribution >= 0.6 is 0 Å². The van der Waals surface area contributed by atoms with E-state index >= 15 is 0 Å². The molecule has 0 bridgehead atoms. The normalized spacial score (nSPS) is 28.3. The van der Waals surface area contributed by atoms with Gasteiger partial charge < -0.3 is 4.90 Å². The number of quaternary nitrogens is 1. The van der Waals surface area contributed by atoms with Crippen LogP contribution < -0.4 is 4.90 Å². The van der Waals surface area contributed by atoms with Crippen LogP contribution in [0, 0.1) is 5.92 Å². The second kappa shape index (κ2) is 5.45. The van der Waals surface area contributed by atoms with Crippen LogP contribution in [0.4, 0.5) is 0 Å². The first-order valence-electron chi connectivity index (χ1n) is 8.85. The van der Waals surface area contributed by atoms with Gasteiger partial charge in [-0.05, 0) is 18.1 Å². The Balaban J connectivity index is 1.80. The maximum Gasteiger partial charge on any atom is 0.259 e. The number of carbonyl (C=O) groups is 1. The third kappa shape index (κ3) is 2.04. The number of carbonyl (C=O) groups excluding carboxylic acids is 1. The van der Waals surface area contributed by atoms with E-state index in [1.54, 1.807) is 0 Å². The minimum Gasteiger partial charge on any atom is -0.304 e. The fourth-order valence-electron chi connectivity index (χ4n) is 4.56. The molecule has 1 amide bonds. The van der Waals surface area contributed by atoms with Crippen LogP contribution in [0.25, 0.3) is 0 Å². The summed E-state index contributed by atoms with van der Waals surface area (Å²) in [4.78, 5) is 16.7. The fraction of sp³-hybridized carbons (Fsp3) is 0.381. The molecule has 3 heteroatoms. The molecule has 2 aliphatic rings. The van der Waals surface area contributed by atoms with Gasteiger partial charge >= 0.3 is 0 Å². The Hall–Kier alpha value is -2.13. The van der Waals surface area contributed by atoms with Gasteiger partial charge in [0.25, 0.3) is 5.91 Å². The largest absolute Gasteiger partial charge is 0.304 e. The van der Waals surface area contributed by atoms with Gasteiger partial charge in [-0.3, -0.25) is 9.69 Å². The van der Waals surface area contributed by atoms with Crippen LogP contribution in [0.3, 0.4) is 0 Å². The number of nitrogens with one attached hydrogen (secondary N) is 1. The van der Waals surface area contributed by atoms with Gasteiger partial charge in [-0.2, -0.15) is 0 Å². The van der Waals surface area contributed by atoms with E-state index in [0.29, 0.717) is 5.92 Å². The monoisotopic (exact) mass is 321 g/mol. The first kappa shape index (κ1) is 15.4. The van der Waals surface area contributed by atoms with E-state index in [-0.39, 0.29) is 17.6 Å². The lowest BCUT2D eigenvalue weighted by Gasteiger charge is -2.34. The molecule has 2 aromatic carbocycles. The Morgan fingerprint density at radius 1 is 1.12 bits per heavy atom. The van der Waals surface area contributed by atoms with Crippen molar-refractivity contribution in [1.82, 2.24) is 4.90 Å². The molecule has 2 heterocycles.